The van der Waals surface area contributed by atoms with Gasteiger partial charge in [0.15, 0.2) is 0 Å². The van der Waals surface area contributed by atoms with Gasteiger partial charge in [-0.25, -0.2) is 0 Å². The van der Waals surface area contributed by atoms with E-state index in [2.05, 4.69) is 5.32 Å². The fourth-order valence-electron chi connectivity index (χ4n) is 3.49. The van der Waals surface area contributed by atoms with E-state index in [9.17, 15) is 14.4 Å². The number of hydrogen-bond donors (Lipinski definition) is 1. The summed E-state index contributed by atoms with van der Waals surface area (Å²) in [5.74, 6) is -1.66. The minimum atomic E-state index is -0.520. The van der Waals surface area contributed by atoms with Gasteiger partial charge >= 0.3 is 5.97 Å². The van der Waals surface area contributed by atoms with E-state index in [4.69, 9.17) is 4.74 Å². The van der Waals surface area contributed by atoms with Crippen molar-refractivity contribution in [2.24, 2.45) is 0 Å². The zero-order valence-electron chi connectivity index (χ0n) is 18.6. The molecule has 0 aliphatic carbocycles. The number of ether oxygens (including phenoxy) is 1. The Hall–Kier alpha value is -3.93. The van der Waals surface area contributed by atoms with Crippen molar-refractivity contribution in [2.75, 3.05) is 26.7 Å². The lowest BCUT2D eigenvalue weighted by Crippen LogP contribution is -2.42. The molecule has 0 bridgehead atoms. The van der Waals surface area contributed by atoms with Crippen molar-refractivity contribution < 1.29 is 19.1 Å². The SMILES string of the molecule is CN(CC(=O)NCC(=O)OCCc1ccccc1)C(=O)C(c1ccccc1)c1ccccc1. The van der Waals surface area contributed by atoms with Crippen LogP contribution in [0.2, 0.25) is 0 Å². The molecule has 0 spiro atoms. The highest BCUT2D eigenvalue weighted by atomic mass is 16.5. The molecule has 1 N–H and O–H groups in total. The van der Waals surface area contributed by atoms with Crippen LogP contribution in [-0.4, -0.2) is 49.4 Å². The Morgan fingerprint density at radius 1 is 0.818 bits per heavy atom. The number of nitrogens with zero attached hydrogens (tertiary/aromatic N) is 1. The third kappa shape index (κ3) is 7.31. The van der Waals surface area contributed by atoms with Crippen molar-refractivity contribution in [2.45, 2.75) is 12.3 Å². The van der Waals surface area contributed by atoms with Gasteiger partial charge in [-0.05, 0) is 16.7 Å². The second kappa shape index (κ2) is 12.2. The molecule has 2 amide bonds. The maximum Gasteiger partial charge on any atom is 0.325 e. The maximum atomic E-state index is 13.2. The van der Waals surface area contributed by atoms with Gasteiger partial charge in [-0.1, -0.05) is 91.0 Å². The summed E-state index contributed by atoms with van der Waals surface area (Å²) in [4.78, 5) is 38.9. The van der Waals surface area contributed by atoms with E-state index in [1.807, 2.05) is 91.0 Å². The van der Waals surface area contributed by atoms with Crippen LogP contribution >= 0.6 is 0 Å². The number of carbonyl (C=O) groups is 3. The molecule has 0 saturated heterocycles. The molecule has 0 aliphatic rings. The molecule has 170 valence electrons. The van der Waals surface area contributed by atoms with Gasteiger partial charge in [0.25, 0.3) is 0 Å². The van der Waals surface area contributed by atoms with Crippen LogP contribution in [0.5, 0.6) is 0 Å². The van der Waals surface area contributed by atoms with Gasteiger partial charge in [-0.2, -0.15) is 0 Å². The highest BCUT2D eigenvalue weighted by Crippen LogP contribution is 2.26. The Kier molecular flexibility index (Phi) is 8.77. The van der Waals surface area contributed by atoms with Crippen molar-refractivity contribution in [1.82, 2.24) is 10.2 Å². The van der Waals surface area contributed by atoms with Crippen molar-refractivity contribution in [3.63, 3.8) is 0 Å². The van der Waals surface area contributed by atoms with E-state index in [1.165, 1.54) is 4.90 Å². The average Bonchev–Trinajstić information content (AvgIpc) is 2.85. The molecule has 3 aromatic carbocycles. The van der Waals surface area contributed by atoms with Gasteiger partial charge in [-0.15, -0.1) is 0 Å². The smallest absolute Gasteiger partial charge is 0.325 e. The zero-order valence-corrected chi connectivity index (χ0v) is 18.6. The molecule has 0 fully saturated rings. The van der Waals surface area contributed by atoms with Crippen molar-refractivity contribution >= 4 is 17.8 Å². The van der Waals surface area contributed by atoms with E-state index in [1.54, 1.807) is 7.05 Å². The minimum Gasteiger partial charge on any atom is -0.464 e. The van der Waals surface area contributed by atoms with Gasteiger partial charge in [0.1, 0.15) is 6.54 Å². The summed E-state index contributed by atoms with van der Waals surface area (Å²) >= 11 is 0. The fraction of sp³-hybridized carbons (Fsp3) is 0.222. The van der Waals surface area contributed by atoms with Gasteiger partial charge in [0.2, 0.25) is 11.8 Å². The van der Waals surface area contributed by atoms with Gasteiger partial charge in [0.05, 0.1) is 19.1 Å². The highest BCUT2D eigenvalue weighted by molar-refractivity contribution is 5.91. The Morgan fingerprint density at radius 2 is 1.33 bits per heavy atom. The number of amides is 2. The van der Waals surface area contributed by atoms with Crippen LogP contribution in [0.1, 0.15) is 22.6 Å². The topological polar surface area (TPSA) is 75.7 Å². The number of carbonyl (C=O) groups excluding carboxylic acids is 3. The first kappa shape index (κ1) is 23.7. The summed E-state index contributed by atoms with van der Waals surface area (Å²) in [7, 11) is 1.58. The summed E-state index contributed by atoms with van der Waals surface area (Å²) in [5, 5.41) is 2.53. The molecular weight excluding hydrogens is 416 g/mol. The van der Waals surface area contributed by atoms with Crippen LogP contribution in [0.25, 0.3) is 0 Å². The lowest BCUT2D eigenvalue weighted by molar-refractivity contribution is -0.144. The summed E-state index contributed by atoms with van der Waals surface area (Å²) in [6.45, 7) is -0.157. The molecule has 0 unspecified atom stereocenters. The number of esters is 1. The lowest BCUT2D eigenvalue weighted by Gasteiger charge is -2.24. The molecular formula is C27H28N2O4. The molecule has 33 heavy (non-hydrogen) atoms. The Bertz CT molecular complexity index is 1000. The number of rotatable bonds is 10. The van der Waals surface area contributed by atoms with Gasteiger partial charge < -0.3 is 15.0 Å². The molecule has 0 radical (unpaired) electrons. The minimum absolute atomic E-state index is 0.160. The van der Waals surface area contributed by atoms with Crippen molar-refractivity contribution in [1.29, 1.82) is 0 Å². The van der Waals surface area contributed by atoms with Crippen LogP contribution in [0.15, 0.2) is 91.0 Å². The van der Waals surface area contributed by atoms with Crippen molar-refractivity contribution in [3.8, 4) is 0 Å². The number of likely N-dealkylation sites (N-methyl/N-ethyl adjacent to an activating group) is 1. The number of nitrogens with one attached hydrogen (secondary N) is 1. The van der Waals surface area contributed by atoms with Gasteiger partial charge in [0, 0.05) is 13.5 Å². The van der Waals surface area contributed by atoms with Crippen LogP contribution in [0, 0.1) is 0 Å². The molecule has 0 atom stereocenters. The zero-order chi connectivity index (χ0) is 23.5. The third-order valence-electron chi connectivity index (χ3n) is 5.20. The normalized spacial score (nSPS) is 10.5. The highest BCUT2D eigenvalue weighted by Gasteiger charge is 2.26. The van der Waals surface area contributed by atoms with Crippen LogP contribution in [0.3, 0.4) is 0 Å². The molecule has 3 aromatic rings. The van der Waals surface area contributed by atoms with Crippen LogP contribution in [0.4, 0.5) is 0 Å². The van der Waals surface area contributed by atoms with Crippen LogP contribution < -0.4 is 5.32 Å². The molecule has 6 heteroatoms. The maximum absolute atomic E-state index is 13.2. The average molecular weight is 445 g/mol. The summed E-state index contributed by atoms with van der Waals surface area (Å²) in [5.41, 5.74) is 2.77. The fourth-order valence-corrected chi connectivity index (χ4v) is 3.49. The number of benzene rings is 3. The van der Waals surface area contributed by atoms with E-state index < -0.39 is 17.8 Å². The first-order valence-electron chi connectivity index (χ1n) is 10.9. The molecule has 0 saturated carbocycles. The largest absolute Gasteiger partial charge is 0.464 e. The predicted octanol–water partition coefficient (Wildman–Crippen LogP) is 3.18. The summed E-state index contributed by atoms with van der Waals surface area (Å²) in [6.07, 6.45) is 0.609. The van der Waals surface area contributed by atoms with E-state index in [0.29, 0.717) is 6.42 Å². The second-order valence-corrected chi connectivity index (χ2v) is 7.68. The quantitative estimate of drug-likeness (QED) is 0.488. The Morgan fingerprint density at radius 3 is 1.88 bits per heavy atom. The molecule has 6 nitrogen and oxygen atoms in total. The lowest BCUT2D eigenvalue weighted by atomic mass is 9.90. The number of hydrogen-bond acceptors (Lipinski definition) is 4. The Balaban J connectivity index is 1.50. The first-order valence-corrected chi connectivity index (χ1v) is 10.9. The standard InChI is InChI=1S/C27H28N2O4/c1-29(20-24(30)28-19-25(31)33-18-17-21-11-5-2-6-12-21)27(32)26(22-13-7-3-8-14-22)23-15-9-4-10-16-23/h2-16,26H,17-20H2,1H3,(H,28,30). The van der Waals surface area contributed by atoms with Crippen molar-refractivity contribution in [3.05, 3.63) is 108 Å². The molecule has 3 rings (SSSR count). The molecule has 0 aromatic heterocycles. The molecule has 0 heterocycles. The monoisotopic (exact) mass is 444 g/mol. The molecule has 0 aliphatic heterocycles. The van der Waals surface area contributed by atoms with Gasteiger partial charge in [-0.3, -0.25) is 14.4 Å². The predicted molar refractivity (Wildman–Crippen MR) is 126 cm³/mol. The third-order valence-corrected chi connectivity index (χ3v) is 5.20. The second-order valence-electron chi connectivity index (χ2n) is 7.68. The van der Waals surface area contributed by atoms with E-state index in [-0.39, 0.29) is 25.6 Å². The van der Waals surface area contributed by atoms with E-state index >= 15 is 0 Å². The van der Waals surface area contributed by atoms with Crippen LogP contribution in [-0.2, 0) is 25.5 Å². The first-order chi connectivity index (χ1) is 16.0. The van der Waals surface area contributed by atoms with E-state index in [0.717, 1.165) is 16.7 Å². The Labute approximate surface area is 194 Å². The summed E-state index contributed by atoms with van der Waals surface area (Å²) < 4.78 is 5.17. The summed E-state index contributed by atoms with van der Waals surface area (Å²) in [6, 6.07) is 28.6.